The number of hydrogen-bond acceptors (Lipinski definition) is 5. The molecule has 0 aliphatic rings. The lowest BCUT2D eigenvalue weighted by molar-refractivity contribution is -0.161. The third-order valence-corrected chi connectivity index (χ3v) is 1.72. The summed E-state index contributed by atoms with van der Waals surface area (Å²) in [5, 5.41) is 8.33. The van der Waals surface area contributed by atoms with Gasteiger partial charge in [0.25, 0.3) is 0 Å². The molecule has 0 radical (unpaired) electrons. The zero-order chi connectivity index (χ0) is 11.8. The summed E-state index contributed by atoms with van der Waals surface area (Å²) in [5.74, 6) is -1.50. The molecular formula is C11H12O5. The van der Waals surface area contributed by atoms with E-state index >= 15 is 0 Å². The molecule has 1 aromatic carbocycles. The summed E-state index contributed by atoms with van der Waals surface area (Å²) in [6, 6.07) is 9.14. The van der Waals surface area contributed by atoms with Crippen LogP contribution in [0.3, 0.4) is 0 Å². The Balaban J connectivity index is 2.23. The number of aliphatic hydroxyl groups excluding tert-OH is 1. The van der Waals surface area contributed by atoms with Gasteiger partial charge in [-0.05, 0) is 5.56 Å². The topological polar surface area (TPSA) is 72.8 Å². The fourth-order valence-corrected chi connectivity index (χ4v) is 0.965. The van der Waals surface area contributed by atoms with Crippen LogP contribution in [0.2, 0.25) is 0 Å². The molecule has 0 bridgehead atoms. The smallest absolute Gasteiger partial charge is 0.344 e. The van der Waals surface area contributed by atoms with Crippen LogP contribution in [0, 0.1) is 0 Å². The zero-order valence-electron chi connectivity index (χ0n) is 8.59. The average molecular weight is 224 g/mol. The van der Waals surface area contributed by atoms with Crippen molar-refractivity contribution >= 4 is 11.9 Å². The van der Waals surface area contributed by atoms with Gasteiger partial charge in [-0.1, -0.05) is 30.3 Å². The van der Waals surface area contributed by atoms with Gasteiger partial charge in [0.2, 0.25) is 0 Å². The van der Waals surface area contributed by atoms with Crippen molar-refractivity contribution in [3.05, 3.63) is 35.9 Å². The van der Waals surface area contributed by atoms with E-state index in [1.54, 1.807) is 0 Å². The molecule has 0 aliphatic carbocycles. The summed E-state index contributed by atoms with van der Waals surface area (Å²) >= 11 is 0. The lowest BCUT2D eigenvalue weighted by Gasteiger charge is -2.05. The maximum Gasteiger partial charge on any atom is 0.344 e. The Morgan fingerprint density at radius 2 is 1.75 bits per heavy atom. The first kappa shape index (κ1) is 12.2. The summed E-state index contributed by atoms with van der Waals surface area (Å²) in [6.45, 7) is -1.09. The Labute approximate surface area is 92.6 Å². The van der Waals surface area contributed by atoms with Crippen LogP contribution in [-0.2, 0) is 25.7 Å². The third kappa shape index (κ3) is 4.56. The van der Waals surface area contributed by atoms with Gasteiger partial charge in [0.1, 0.15) is 13.2 Å². The standard InChI is InChI=1S/C11H12O5/c12-6-10(13)16-8-11(14)15-7-9-4-2-1-3-5-9/h1-5,12H,6-8H2. The van der Waals surface area contributed by atoms with Crippen LogP contribution in [0.4, 0.5) is 0 Å². The fraction of sp³-hybridized carbons (Fsp3) is 0.273. The van der Waals surface area contributed by atoms with Crippen molar-refractivity contribution in [3.63, 3.8) is 0 Å². The average Bonchev–Trinajstić information content (AvgIpc) is 2.34. The summed E-state index contributed by atoms with van der Waals surface area (Å²) < 4.78 is 9.20. The van der Waals surface area contributed by atoms with E-state index in [-0.39, 0.29) is 6.61 Å². The minimum atomic E-state index is -0.850. The van der Waals surface area contributed by atoms with Gasteiger partial charge in [0.15, 0.2) is 6.61 Å². The fourth-order valence-electron chi connectivity index (χ4n) is 0.965. The van der Waals surface area contributed by atoms with Crippen molar-refractivity contribution in [2.24, 2.45) is 0 Å². The quantitative estimate of drug-likeness (QED) is 0.726. The van der Waals surface area contributed by atoms with Gasteiger partial charge in [-0.3, -0.25) is 0 Å². The minimum Gasteiger partial charge on any atom is -0.458 e. The van der Waals surface area contributed by atoms with Gasteiger partial charge in [-0.2, -0.15) is 0 Å². The molecule has 1 N–H and O–H groups in total. The second-order valence-electron chi connectivity index (χ2n) is 2.97. The molecular weight excluding hydrogens is 212 g/mol. The first-order chi connectivity index (χ1) is 7.72. The van der Waals surface area contributed by atoms with Gasteiger partial charge in [-0.15, -0.1) is 0 Å². The summed E-state index contributed by atoms with van der Waals surface area (Å²) in [6.07, 6.45) is 0. The molecule has 1 rings (SSSR count). The molecule has 5 nitrogen and oxygen atoms in total. The van der Waals surface area contributed by atoms with Crippen molar-refractivity contribution in [2.45, 2.75) is 6.61 Å². The number of aliphatic hydroxyl groups is 1. The van der Waals surface area contributed by atoms with Gasteiger partial charge < -0.3 is 14.6 Å². The third-order valence-electron chi connectivity index (χ3n) is 1.72. The first-order valence-electron chi connectivity index (χ1n) is 4.68. The Kier molecular flexibility index (Phi) is 5.01. The van der Waals surface area contributed by atoms with Crippen LogP contribution in [0.25, 0.3) is 0 Å². The van der Waals surface area contributed by atoms with Crippen LogP contribution in [0.15, 0.2) is 30.3 Å². The van der Waals surface area contributed by atoms with Crippen LogP contribution in [0.1, 0.15) is 5.56 Å². The van der Waals surface area contributed by atoms with Crippen molar-refractivity contribution in [1.29, 1.82) is 0 Å². The summed E-state index contributed by atoms with van der Waals surface area (Å²) in [7, 11) is 0. The van der Waals surface area contributed by atoms with E-state index in [2.05, 4.69) is 4.74 Å². The van der Waals surface area contributed by atoms with E-state index in [4.69, 9.17) is 9.84 Å². The highest BCUT2D eigenvalue weighted by molar-refractivity contribution is 5.76. The van der Waals surface area contributed by atoms with Crippen LogP contribution >= 0.6 is 0 Å². The molecule has 0 spiro atoms. The number of benzene rings is 1. The van der Waals surface area contributed by atoms with Gasteiger partial charge in [-0.25, -0.2) is 9.59 Å². The second-order valence-corrected chi connectivity index (χ2v) is 2.97. The molecule has 0 saturated carbocycles. The molecule has 5 heteroatoms. The van der Waals surface area contributed by atoms with Gasteiger partial charge in [0.05, 0.1) is 0 Å². The monoisotopic (exact) mass is 224 g/mol. The largest absolute Gasteiger partial charge is 0.458 e. The summed E-state index contributed by atoms with van der Waals surface area (Å²) in [5.41, 5.74) is 0.851. The molecule has 1 aromatic rings. The van der Waals surface area contributed by atoms with E-state index in [0.717, 1.165) is 5.56 Å². The highest BCUT2D eigenvalue weighted by Crippen LogP contribution is 2.00. The van der Waals surface area contributed by atoms with Crippen molar-refractivity contribution in [3.8, 4) is 0 Å². The zero-order valence-corrected chi connectivity index (χ0v) is 8.59. The van der Waals surface area contributed by atoms with E-state index < -0.39 is 25.2 Å². The number of rotatable bonds is 5. The molecule has 0 amide bonds. The maximum atomic E-state index is 11.1. The highest BCUT2D eigenvalue weighted by Gasteiger charge is 2.07. The predicted molar refractivity (Wildman–Crippen MR) is 54.3 cm³/mol. The van der Waals surface area contributed by atoms with Crippen LogP contribution in [0.5, 0.6) is 0 Å². The van der Waals surface area contributed by atoms with E-state index in [1.165, 1.54) is 0 Å². The van der Waals surface area contributed by atoms with Crippen molar-refractivity contribution in [1.82, 2.24) is 0 Å². The SMILES string of the molecule is O=C(CO)OCC(=O)OCc1ccccc1. The number of hydrogen-bond donors (Lipinski definition) is 1. The Hall–Kier alpha value is -1.88. The number of esters is 2. The predicted octanol–water partition coefficient (Wildman–Crippen LogP) is 0.265. The Morgan fingerprint density at radius 3 is 2.38 bits per heavy atom. The Morgan fingerprint density at radius 1 is 1.06 bits per heavy atom. The van der Waals surface area contributed by atoms with Crippen molar-refractivity contribution in [2.75, 3.05) is 13.2 Å². The number of ether oxygens (including phenoxy) is 2. The van der Waals surface area contributed by atoms with Gasteiger partial charge in [0, 0.05) is 0 Å². The lowest BCUT2D eigenvalue weighted by Crippen LogP contribution is -2.18. The molecule has 0 atom stereocenters. The molecule has 0 aromatic heterocycles. The number of carbonyl (C=O) groups is 2. The normalized spacial score (nSPS) is 9.56. The van der Waals surface area contributed by atoms with E-state index in [9.17, 15) is 9.59 Å². The number of carbonyl (C=O) groups excluding carboxylic acids is 2. The summed E-state index contributed by atoms with van der Waals surface area (Å²) in [4.78, 5) is 21.6. The van der Waals surface area contributed by atoms with Crippen LogP contribution in [-0.4, -0.2) is 30.3 Å². The minimum absolute atomic E-state index is 0.135. The molecule has 86 valence electrons. The Bertz CT molecular complexity index is 347. The van der Waals surface area contributed by atoms with E-state index in [1.807, 2.05) is 30.3 Å². The highest BCUT2D eigenvalue weighted by atomic mass is 16.6. The first-order valence-corrected chi connectivity index (χ1v) is 4.68. The lowest BCUT2D eigenvalue weighted by atomic mass is 10.2. The molecule has 0 aliphatic heterocycles. The maximum absolute atomic E-state index is 11.1. The molecule has 0 saturated heterocycles. The molecule has 0 heterocycles. The molecule has 0 fully saturated rings. The van der Waals surface area contributed by atoms with Crippen LogP contribution < -0.4 is 0 Å². The van der Waals surface area contributed by atoms with Gasteiger partial charge >= 0.3 is 11.9 Å². The van der Waals surface area contributed by atoms with Crippen molar-refractivity contribution < 1.29 is 24.2 Å². The molecule has 16 heavy (non-hydrogen) atoms. The second kappa shape index (κ2) is 6.58. The molecule has 0 unspecified atom stereocenters. The van der Waals surface area contributed by atoms with E-state index in [0.29, 0.717) is 0 Å².